The first-order valence-electron chi connectivity index (χ1n) is 12.0. The molecule has 0 heterocycles. The van der Waals surface area contributed by atoms with Crippen molar-refractivity contribution in [3.8, 4) is 0 Å². The zero-order valence-corrected chi connectivity index (χ0v) is 17.6. The standard InChI is InChI=1S/C27H36O/c1-25-13-22-14-26(16-25,23-5-3-2-4-6-23)18-27(15-22,17-25)24(28)12-21-10-19-7-8-20(9-19)11-21/h2-6,19-22H,7-18H2,1H3/t19-,20-,22?,25?,26?,27?/m0/s1. The Balaban J connectivity index is 1.30. The maximum atomic E-state index is 13.9. The summed E-state index contributed by atoms with van der Waals surface area (Å²) in [5.74, 6) is 4.04. The summed E-state index contributed by atoms with van der Waals surface area (Å²) in [6.45, 7) is 2.51. The third kappa shape index (κ3) is 2.67. The van der Waals surface area contributed by atoms with Gasteiger partial charge in [-0.2, -0.15) is 0 Å². The molecule has 6 fully saturated rings. The zero-order valence-electron chi connectivity index (χ0n) is 17.6. The summed E-state index contributed by atoms with van der Waals surface area (Å²) in [7, 11) is 0. The fourth-order valence-electron chi connectivity index (χ4n) is 9.64. The van der Waals surface area contributed by atoms with Gasteiger partial charge in [-0.05, 0) is 97.9 Å². The van der Waals surface area contributed by atoms with Crippen LogP contribution in [0, 0.1) is 34.5 Å². The molecule has 6 aliphatic carbocycles. The van der Waals surface area contributed by atoms with Crippen molar-refractivity contribution in [3.05, 3.63) is 35.9 Å². The highest BCUT2D eigenvalue weighted by Gasteiger charge is 2.64. The fourth-order valence-corrected chi connectivity index (χ4v) is 9.64. The number of hydrogen-bond donors (Lipinski definition) is 0. The molecular weight excluding hydrogens is 340 g/mol. The molecule has 1 nitrogen and oxygen atoms in total. The number of carbonyl (C=O) groups is 1. The molecule has 6 bridgehead atoms. The van der Waals surface area contributed by atoms with E-state index in [9.17, 15) is 4.79 Å². The number of ketones is 1. The first-order chi connectivity index (χ1) is 13.5. The van der Waals surface area contributed by atoms with E-state index in [4.69, 9.17) is 0 Å². The van der Waals surface area contributed by atoms with E-state index in [2.05, 4.69) is 37.3 Å². The van der Waals surface area contributed by atoms with Crippen LogP contribution in [-0.4, -0.2) is 5.78 Å². The second-order valence-electron chi connectivity index (χ2n) is 12.3. The summed E-state index contributed by atoms with van der Waals surface area (Å²) in [5.41, 5.74) is 2.19. The summed E-state index contributed by atoms with van der Waals surface area (Å²) in [6.07, 6.45) is 15.5. The maximum Gasteiger partial charge on any atom is 0.139 e. The molecule has 0 amide bonds. The minimum atomic E-state index is 0.000499. The molecule has 0 aliphatic heterocycles. The van der Waals surface area contributed by atoms with Crippen LogP contribution in [0.2, 0.25) is 0 Å². The smallest absolute Gasteiger partial charge is 0.139 e. The normalized spacial score (nSPS) is 48.8. The second kappa shape index (κ2) is 5.96. The first-order valence-corrected chi connectivity index (χ1v) is 12.0. The van der Waals surface area contributed by atoms with E-state index >= 15 is 0 Å². The van der Waals surface area contributed by atoms with Crippen LogP contribution in [0.15, 0.2) is 30.3 Å². The first kappa shape index (κ1) is 17.7. The summed E-state index contributed by atoms with van der Waals surface area (Å²) in [6, 6.07) is 11.3. The zero-order chi connectivity index (χ0) is 19.0. The summed E-state index contributed by atoms with van der Waals surface area (Å²) >= 11 is 0. The lowest BCUT2D eigenvalue weighted by atomic mass is 9.38. The molecule has 0 spiro atoms. The van der Waals surface area contributed by atoms with Crippen molar-refractivity contribution in [1.29, 1.82) is 0 Å². The number of benzene rings is 1. The van der Waals surface area contributed by atoms with Crippen LogP contribution in [0.25, 0.3) is 0 Å². The van der Waals surface area contributed by atoms with Crippen molar-refractivity contribution in [2.75, 3.05) is 0 Å². The highest BCUT2D eigenvalue weighted by molar-refractivity contribution is 5.86. The maximum absolute atomic E-state index is 13.9. The molecule has 0 radical (unpaired) electrons. The predicted octanol–water partition coefficient (Wildman–Crippen LogP) is 6.70. The molecular formula is C27H36O. The van der Waals surface area contributed by atoms with Crippen LogP contribution in [0.1, 0.15) is 89.5 Å². The van der Waals surface area contributed by atoms with Crippen molar-refractivity contribution < 1.29 is 4.79 Å². The number of rotatable bonds is 4. The fraction of sp³-hybridized carbons (Fsp3) is 0.741. The van der Waals surface area contributed by atoms with Crippen LogP contribution in [0.4, 0.5) is 0 Å². The van der Waals surface area contributed by atoms with E-state index in [0.717, 1.165) is 30.6 Å². The van der Waals surface area contributed by atoms with Crippen molar-refractivity contribution in [2.45, 2.75) is 89.4 Å². The van der Waals surface area contributed by atoms with Gasteiger partial charge in [0.2, 0.25) is 0 Å². The van der Waals surface area contributed by atoms with Crippen molar-refractivity contribution >= 4 is 5.78 Å². The number of Topliss-reactive ketones (excluding diaryl/α,β-unsaturated/α-hetero) is 1. The van der Waals surface area contributed by atoms with Gasteiger partial charge in [0.1, 0.15) is 5.78 Å². The van der Waals surface area contributed by atoms with Crippen molar-refractivity contribution in [3.63, 3.8) is 0 Å². The predicted molar refractivity (Wildman–Crippen MR) is 113 cm³/mol. The van der Waals surface area contributed by atoms with E-state index in [1.165, 1.54) is 69.8 Å². The average Bonchev–Trinajstić information content (AvgIpc) is 2.99. The third-order valence-corrected chi connectivity index (χ3v) is 9.78. The van der Waals surface area contributed by atoms with Crippen LogP contribution in [0.3, 0.4) is 0 Å². The Kier molecular flexibility index (Phi) is 3.77. The molecule has 1 heteroatoms. The minimum Gasteiger partial charge on any atom is -0.299 e. The molecule has 0 aromatic heterocycles. The molecule has 6 aliphatic rings. The Hall–Kier alpha value is -1.11. The third-order valence-electron chi connectivity index (χ3n) is 9.78. The summed E-state index contributed by atoms with van der Waals surface area (Å²) in [5, 5.41) is 0. The second-order valence-corrected chi connectivity index (χ2v) is 12.3. The lowest BCUT2D eigenvalue weighted by Crippen LogP contribution is -2.60. The average molecular weight is 377 g/mol. The van der Waals surface area contributed by atoms with Gasteiger partial charge < -0.3 is 0 Å². The Morgan fingerprint density at radius 3 is 2.36 bits per heavy atom. The van der Waals surface area contributed by atoms with Gasteiger partial charge in [0.15, 0.2) is 0 Å². The molecule has 4 unspecified atom stereocenters. The molecule has 7 rings (SSSR count). The molecule has 6 saturated carbocycles. The van der Waals surface area contributed by atoms with Crippen LogP contribution < -0.4 is 0 Å². The molecule has 150 valence electrons. The molecule has 1 aromatic carbocycles. The summed E-state index contributed by atoms with van der Waals surface area (Å²) in [4.78, 5) is 13.9. The Morgan fingerprint density at radius 2 is 1.64 bits per heavy atom. The van der Waals surface area contributed by atoms with E-state index < -0.39 is 0 Å². The lowest BCUT2D eigenvalue weighted by molar-refractivity contribution is -0.159. The number of carbonyl (C=O) groups excluding carboxylic acids is 1. The molecule has 0 N–H and O–H groups in total. The quantitative estimate of drug-likeness (QED) is 0.571. The van der Waals surface area contributed by atoms with Gasteiger partial charge in [0.25, 0.3) is 0 Å². The Bertz CT molecular complexity index is 771. The minimum absolute atomic E-state index is 0.000499. The monoisotopic (exact) mass is 376 g/mol. The van der Waals surface area contributed by atoms with E-state index in [1.807, 2.05) is 0 Å². The van der Waals surface area contributed by atoms with E-state index in [0.29, 0.717) is 17.1 Å². The number of hydrogen-bond acceptors (Lipinski definition) is 1. The van der Waals surface area contributed by atoms with Crippen LogP contribution >= 0.6 is 0 Å². The highest BCUT2D eigenvalue weighted by Crippen LogP contribution is 2.70. The van der Waals surface area contributed by atoms with Gasteiger partial charge in [-0.1, -0.05) is 50.1 Å². The topological polar surface area (TPSA) is 17.1 Å². The van der Waals surface area contributed by atoms with Crippen molar-refractivity contribution in [1.82, 2.24) is 0 Å². The van der Waals surface area contributed by atoms with Gasteiger partial charge in [-0.15, -0.1) is 0 Å². The highest BCUT2D eigenvalue weighted by atomic mass is 16.1. The Labute approximate surface area is 170 Å². The lowest BCUT2D eigenvalue weighted by Gasteiger charge is -2.66. The molecule has 6 atom stereocenters. The van der Waals surface area contributed by atoms with Crippen LogP contribution in [-0.2, 0) is 10.2 Å². The van der Waals surface area contributed by atoms with Gasteiger partial charge in [-0.3, -0.25) is 4.79 Å². The number of fused-ring (bicyclic) bond motifs is 2. The molecule has 1 aromatic rings. The Morgan fingerprint density at radius 1 is 0.893 bits per heavy atom. The largest absolute Gasteiger partial charge is 0.299 e. The van der Waals surface area contributed by atoms with Crippen molar-refractivity contribution in [2.24, 2.45) is 34.5 Å². The molecule has 28 heavy (non-hydrogen) atoms. The van der Waals surface area contributed by atoms with Gasteiger partial charge in [0, 0.05) is 11.8 Å². The van der Waals surface area contributed by atoms with Gasteiger partial charge in [0.05, 0.1) is 0 Å². The van der Waals surface area contributed by atoms with Crippen LogP contribution in [0.5, 0.6) is 0 Å². The SMILES string of the molecule is CC12CC3CC(C(=O)CC4C[C@H]5CC[C@H](C4)C5)(C1)CC(c1ccccc1)(C3)C2. The van der Waals surface area contributed by atoms with Gasteiger partial charge >= 0.3 is 0 Å². The van der Waals surface area contributed by atoms with Gasteiger partial charge in [-0.25, -0.2) is 0 Å². The van der Waals surface area contributed by atoms with E-state index in [-0.39, 0.29) is 10.8 Å². The van der Waals surface area contributed by atoms with E-state index in [1.54, 1.807) is 0 Å². The molecule has 0 saturated heterocycles. The summed E-state index contributed by atoms with van der Waals surface area (Å²) < 4.78 is 0.